The molecule has 1 rings (SSSR count). The summed E-state index contributed by atoms with van der Waals surface area (Å²) in [5, 5.41) is 14.9. The fourth-order valence-corrected chi connectivity index (χ4v) is 2.07. The molecule has 0 heterocycles. The van der Waals surface area contributed by atoms with Crippen molar-refractivity contribution in [1.29, 1.82) is 0 Å². The number of carbonyl (C=O) groups is 2. The number of amides is 3. The summed E-state index contributed by atoms with van der Waals surface area (Å²) in [7, 11) is 1.49. The number of hydrogen-bond donors (Lipinski definition) is 3. The van der Waals surface area contributed by atoms with Crippen LogP contribution in [0, 0.1) is 0 Å². The fourth-order valence-electron chi connectivity index (χ4n) is 2.07. The molecule has 0 unspecified atom stereocenters. The highest BCUT2D eigenvalue weighted by atomic mass is 16.5. The van der Waals surface area contributed by atoms with Crippen LogP contribution < -0.4 is 15.4 Å². The Balaban J connectivity index is 2.90. The molecule has 0 saturated carbocycles. The summed E-state index contributed by atoms with van der Waals surface area (Å²) in [5.74, 6) is 0.243. The summed E-state index contributed by atoms with van der Waals surface area (Å²) in [4.78, 5) is 25.0. The van der Waals surface area contributed by atoms with Crippen LogP contribution in [0.2, 0.25) is 0 Å². The number of anilines is 2. The predicted molar refractivity (Wildman–Crippen MR) is 89.8 cm³/mol. The standard InChI is InChI=1S/C16H25N3O4/c1-10(2)19(9-11(3)20)16(22)18-13-6-7-14(17-12(4)21)15(8-13)23-5/h6-8,10-11,20H,9H2,1-5H3,(H,17,21)(H,18,22)/t11-/m1/s1. The molecule has 128 valence electrons. The molecule has 3 amide bonds. The summed E-state index contributed by atoms with van der Waals surface area (Å²) >= 11 is 0. The highest BCUT2D eigenvalue weighted by Gasteiger charge is 2.19. The van der Waals surface area contributed by atoms with Crippen molar-refractivity contribution in [2.75, 3.05) is 24.3 Å². The Bertz CT molecular complexity index is 558. The van der Waals surface area contributed by atoms with Crippen molar-refractivity contribution >= 4 is 23.3 Å². The third-order valence-electron chi connectivity index (χ3n) is 3.11. The van der Waals surface area contributed by atoms with Crippen LogP contribution in [0.4, 0.5) is 16.2 Å². The normalized spacial score (nSPS) is 11.8. The van der Waals surface area contributed by atoms with Crippen molar-refractivity contribution in [3.63, 3.8) is 0 Å². The van der Waals surface area contributed by atoms with Gasteiger partial charge in [-0.1, -0.05) is 0 Å². The fraction of sp³-hybridized carbons (Fsp3) is 0.500. The minimum atomic E-state index is -0.611. The van der Waals surface area contributed by atoms with Gasteiger partial charge in [0.15, 0.2) is 0 Å². The number of nitrogens with zero attached hydrogens (tertiary/aromatic N) is 1. The lowest BCUT2D eigenvalue weighted by Crippen LogP contribution is -2.43. The van der Waals surface area contributed by atoms with Crippen molar-refractivity contribution < 1.29 is 19.4 Å². The van der Waals surface area contributed by atoms with Crippen LogP contribution in [0.1, 0.15) is 27.7 Å². The Morgan fingerprint density at radius 1 is 1.26 bits per heavy atom. The zero-order valence-corrected chi connectivity index (χ0v) is 14.2. The minimum absolute atomic E-state index is 0.0508. The van der Waals surface area contributed by atoms with Crippen molar-refractivity contribution in [1.82, 2.24) is 4.90 Å². The molecule has 1 aromatic carbocycles. The Morgan fingerprint density at radius 3 is 2.39 bits per heavy atom. The summed E-state index contributed by atoms with van der Waals surface area (Å²) in [5.41, 5.74) is 1.07. The summed E-state index contributed by atoms with van der Waals surface area (Å²) < 4.78 is 5.22. The maximum absolute atomic E-state index is 12.3. The van der Waals surface area contributed by atoms with Crippen LogP contribution in [-0.2, 0) is 4.79 Å². The van der Waals surface area contributed by atoms with E-state index in [0.29, 0.717) is 17.1 Å². The predicted octanol–water partition coefficient (Wildman–Crippen LogP) is 2.28. The molecule has 23 heavy (non-hydrogen) atoms. The summed E-state index contributed by atoms with van der Waals surface area (Å²) in [6.45, 7) is 7.04. The maximum Gasteiger partial charge on any atom is 0.322 e. The van der Waals surface area contributed by atoms with Crippen LogP contribution in [0.3, 0.4) is 0 Å². The minimum Gasteiger partial charge on any atom is -0.494 e. The van der Waals surface area contributed by atoms with Crippen molar-refractivity contribution in [2.24, 2.45) is 0 Å². The van der Waals surface area contributed by atoms with E-state index in [2.05, 4.69) is 10.6 Å². The zero-order chi connectivity index (χ0) is 17.6. The highest BCUT2D eigenvalue weighted by Crippen LogP contribution is 2.28. The number of benzene rings is 1. The molecule has 0 fully saturated rings. The number of nitrogens with one attached hydrogen (secondary N) is 2. The average molecular weight is 323 g/mol. The maximum atomic E-state index is 12.3. The second kappa shape index (κ2) is 8.38. The van der Waals surface area contributed by atoms with Crippen LogP contribution in [0.15, 0.2) is 18.2 Å². The monoisotopic (exact) mass is 323 g/mol. The Labute approximate surface area is 136 Å². The SMILES string of the molecule is COc1cc(NC(=O)N(C[C@@H](C)O)C(C)C)ccc1NC(C)=O. The van der Waals surface area contributed by atoms with Gasteiger partial charge in [0.05, 0.1) is 18.9 Å². The molecule has 1 aromatic rings. The number of urea groups is 1. The first-order chi connectivity index (χ1) is 10.7. The van der Waals surface area contributed by atoms with Crippen LogP contribution in [0.25, 0.3) is 0 Å². The van der Waals surface area contributed by atoms with Gasteiger partial charge in [0.25, 0.3) is 0 Å². The molecule has 0 bridgehead atoms. The average Bonchev–Trinajstić information content (AvgIpc) is 2.45. The summed E-state index contributed by atoms with van der Waals surface area (Å²) in [6, 6.07) is 4.60. The van der Waals surface area contributed by atoms with E-state index in [9.17, 15) is 14.7 Å². The van der Waals surface area contributed by atoms with Crippen molar-refractivity contribution in [2.45, 2.75) is 39.8 Å². The van der Waals surface area contributed by atoms with E-state index < -0.39 is 6.10 Å². The molecule has 0 spiro atoms. The quantitative estimate of drug-likeness (QED) is 0.749. The van der Waals surface area contributed by atoms with Gasteiger partial charge in [0.2, 0.25) is 5.91 Å². The van der Waals surface area contributed by atoms with Gasteiger partial charge in [-0.3, -0.25) is 4.79 Å². The number of rotatable bonds is 6. The van der Waals surface area contributed by atoms with Gasteiger partial charge in [-0.15, -0.1) is 0 Å². The number of aliphatic hydroxyl groups is 1. The van der Waals surface area contributed by atoms with Crippen molar-refractivity contribution in [3.8, 4) is 5.75 Å². The topological polar surface area (TPSA) is 90.9 Å². The Kier molecular flexibility index (Phi) is 6.84. The van der Waals surface area contributed by atoms with Gasteiger partial charge < -0.3 is 25.4 Å². The smallest absolute Gasteiger partial charge is 0.322 e. The number of ether oxygens (including phenoxy) is 1. The molecule has 1 atom stereocenters. The van der Waals surface area contributed by atoms with Gasteiger partial charge >= 0.3 is 6.03 Å². The Morgan fingerprint density at radius 2 is 1.91 bits per heavy atom. The molecule has 0 radical (unpaired) electrons. The van der Waals surface area contributed by atoms with Crippen LogP contribution in [0.5, 0.6) is 5.75 Å². The van der Waals surface area contributed by atoms with E-state index in [0.717, 1.165) is 0 Å². The van der Waals surface area contributed by atoms with Gasteiger partial charge in [-0.2, -0.15) is 0 Å². The van der Waals surface area contributed by atoms with Gasteiger partial charge in [-0.05, 0) is 32.9 Å². The molecule has 7 heteroatoms. The molecular weight excluding hydrogens is 298 g/mol. The molecule has 0 saturated heterocycles. The largest absolute Gasteiger partial charge is 0.494 e. The number of carbonyl (C=O) groups excluding carboxylic acids is 2. The number of aliphatic hydroxyl groups excluding tert-OH is 1. The van der Waals surface area contributed by atoms with Gasteiger partial charge in [0, 0.05) is 31.3 Å². The lowest BCUT2D eigenvalue weighted by Gasteiger charge is -2.28. The van der Waals surface area contributed by atoms with E-state index in [1.54, 1.807) is 30.0 Å². The molecule has 7 nitrogen and oxygen atoms in total. The lowest BCUT2D eigenvalue weighted by molar-refractivity contribution is -0.114. The molecule has 0 aromatic heterocycles. The Hall–Kier alpha value is -2.28. The molecule has 0 aliphatic carbocycles. The number of methoxy groups -OCH3 is 1. The summed E-state index contributed by atoms with van der Waals surface area (Å²) in [6.07, 6.45) is -0.611. The first kappa shape index (κ1) is 18.8. The van der Waals surface area contributed by atoms with E-state index in [-0.39, 0.29) is 24.5 Å². The van der Waals surface area contributed by atoms with Crippen molar-refractivity contribution in [3.05, 3.63) is 18.2 Å². The van der Waals surface area contributed by atoms with Crippen LogP contribution >= 0.6 is 0 Å². The first-order valence-corrected chi connectivity index (χ1v) is 7.46. The van der Waals surface area contributed by atoms with E-state index in [4.69, 9.17) is 4.74 Å². The third kappa shape index (κ3) is 5.78. The third-order valence-corrected chi connectivity index (χ3v) is 3.11. The molecular formula is C16H25N3O4. The van der Waals surface area contributed by atoms with E-state index >= 15 is 0 Å². The van der Waals surface area contributed by atoms with Crippen LogP contribution in [-0.4, -0.2) is 47.7 Å². The first-order valence-electron chi connectivity index (χ1n) is 7.46. The molecule has 0 aliphatic heterocycles. The van der Waals surface area contributed by atoms with E-state index in [1.165, 1.54) is 14.0 Å². The van der Waals surface area contributed by atoms with Gasteiger partial charge in [-0.25, -0.2) is 4.79 Å². The molecule has 0 aliphatic rings. The highest BCUT2D eigenvalue weighted by molar-refractivity contribution is 5.93. The lowest BCUT2D eigenvalue weighted by atomic mass is 10.2. The molecule has 3 N–H and O–H groups in total. The van der Waals surface area contributed by atoms with E-state index in [1.807, 2.05) is 13.8 Å². The van der Waals surface area contributed by atoms with Gasteiger partial charge in [0.1, 0.15) is 5.75 Å². The second-order valence-electron chi connectivity index (χ2n) is 5.62. The second-order valence-corrected chi connectivity index (χ2v) is 5.62. The zero-order valence-electron chi connectivity index (χ0n) is 14.2. The number of hydrogen-bond acceptors (Lipinski definition) is 4.